The first kappa shape index (κ1) is 16.0. The molecule has 3 amide bonds. The summed E-state index contributed by atoms with van der Waals surface area (Å²) >= 11 is 0. The Bertz CT molecular complexity index is 332. The molecular formula is C10H17N4O4. The van der Waals surface area contributed by atoms with Gasteiger partial charge in [0.05, 0.1) is 12.1 Å². The van der Waals surface area contributed by atoms with Gasteiger partial charge >= 0.3 is 0 Å². The van der Waals surface area contributed by atoms with Crippen molar-refractivity contribution < 1.29 is 19.2 Å². The molecule has 0 aromatic carbocycles. The molecule has 0 heterocycles. The molecule has 0 unspecified atom stereocenters. The molecule has 0 aliphatic carbocycles. The average Bonchev–Trinajstić information content (AvgIpc) is 2.30. The van der Waals surface area contributed by atoms with Gasteiger partial charge in [0, 0.05) is 12.8 Å². The predicted molar refractivity (Wildman–Crippen MR) is 62.5 cm³/mol. The lowest BCUT2D eigenvalue weighted by Crippen LogP contribution is -2.46. The number of rotatable bonds is 9. The molecule has 0 aliphatic rings. The minimum Gasteiger partial charge on any atom is -0.370 e. The van der Waals surface area contributed by atoms with Gasteiger partial charge in [0.15, 0.2) is 0 Å². The highest BCUT2D eigenvalue weighted by Gasteiger charge is 2.19. The van der Waals surface area contributed by atoms with Crippen LogP contribution in [0.3, 0.4) is 0 Å². The summed E-state index contributed by atoms with van der Waals surface area (Å²) in [5.41, 5.74) is 15.3. The first-order chi connectivity index (χ1) is 8.36. The number of hydrogen-bond donors (Lipinski definition) is 4. The Hall–Kier alpha value is -1.96. The quantitative estimate of drug-likeness (QED) is 0.357. The maximum atomic E-state index is 11.5. The predicted octanol–water partition coefficient (Wildman–Crippen LogP) is -2.56. The molecular weight excluding hydrogens is 240 g/mol. The number of carbonyl (C=O) groups excluding carboxylic acids is 4. The van der Waals surface area contributed by atoms with E-state index in [2.05, 4.69) is 5.32 Å². The Kier molecular flexibility index (Phi) is 7.29. The average molecular weight is 257 g/mol. The Balaban J connectivity index is 4.12. The third-order valence-corrected chi connectivity index (χ3v) is 2.18. The van der Waals surface area contributed by atoms with E-state index < -0.39 is 29.8 Å². The first-order valence-corrected chi connectivity index (χ1v) is 5.37. The zero-order chi connectivity index (χ0) is 14.1. The van der Waals surface area contributed by atoms with E-state index in [1.165, 1.54) is 0 Å². The summed E-state index contributed by atoms with van der Waals surface area (Å²) in [6.07, 6.45) is 1.65. The molecule has 8 heteroatoms. The highest BCUT2D eigenvalue weighted by Crippen LogP contribution is 1.98. The third kappa shape index (κ3) is 7.34. The zero-order valence-electron chi connectivity index (χ0n) is 9.85. The monoisotopic (exact) mass is 257 g/mol. The van der Waals surface area contributed by atoms with E-state index >= 15 is 0 Å². The standard InChI is InChI=1S/C10H17N4O4/c11-7(2-4-9(13)17)10(18)14-6(5-15)1-3-8(12)16/h6-7H,1-4,11H2,(H2,12,16)(H2,13,17)(H,14,18)/t6-,7-/m0/s1. The summed E-state index contributed by atoms with van der Waals surface area (Å²) in [6.45, 7) is 0. The number of hydrogen-bond acceptors (Lipinski definition) is 5. The van der Waals surface area contributed by atoms with Gasteiger partial charge in [-0.25, -0.2) is 0 Å². The molecule has 7 N–H and O–H groups in total. The van der Waals surface area contributed by atoms with E-state index in [0.717, 1.165) is 0 Å². The number of carbonyl (C=O) groups is 3. The number of primary amides is 2. The van der Waals surface area contributed by atoms with Crippen LogP contribution in [-0.4, -0.2) is 36.1 Å². The summed E-state index contributed by atoms with van der Waals surface area (Å²) in [6, 6.07) is -1.88. The second kappa shape index (κ2) is 8.18. The van der Waals surface area contributed by atoms with Crippen LogP contribution in [0.1, 0.15) is 25.7 Å². The van der Waals surface area contributed by atoms with E-state index in [1.807, 2.05) is 0 Å². The lowest BCUT2D eigenvalue weighted by Gasteiger charge is -2.15. The van der Waals surface area contributed by atoms with Gasteiger partial charge in [-0.1, -0.05) is 0 Å². The summed E-state index contributed by atoms with van der Waals surface area (Å²) < 4.78 is 0. The molecule has 18 heavy (non-hydrogen) atoms. The smallest absolute Gasteiger partial charge is 0.237 e. The van der Waals surface area contributed by atoms with Gasteiger partial charge in [-0.3, -0.25) is 19.2 Å². The first-order valence-electron chi connectivity index (χ1n) is 5.37. The Labute approximate surface area is 104 Å². The highest BCUT2D eigenvalue weighted by molar-refractivity contribution is 5.85. The topological polar surface area (TPSA) is 158 Å². The molecule has 2 atom stereocenters. The van der Waals surface area contributed by atoms with Gasteiger partial charge < -0.3 is 22.5 Å². The maximum Gasteiger partial charge on any atom is 0.237 e. The zero-order valence-corrected chi connectivity index (χ0v) is 9.85. The van der Waals surface area contributed by atoms with Crippen LogP contribution >= 0.6 is 0 Å². The molecule has 101 valence electrons. The summed E-state index contributed by atoms with van der Waals surface area (Å²) in [5, 5.41) is 2.30. The third-order valence-electron chi connectivity index (χ3n) is 2.18. The second-order valence-electron chi connectivity index (χ2n) is 3.80. The van der Waals surface area contributed by atoms with Crippen molar-refractivity contribution in [2.75, 3.05) is 0 Å². The Morgan fingerprint density at radius 1 is 1.06 bits per heavy atom. The van der Waals surface area contributed by atoms with E-state index in [0.29, 0.717) is 0 Å². The van der Waals surface area contributed by atoms with E-state index in [9.17, 15) is 19.2 Å². The summed E-state index contributed by atoms with van der Waals surface area (Å²) in [7, 11) is 0. The van der Waals surface area contributed by atoms with Crippen LogP contribution in [0.15, 0.2) is 0 Å². The van der Waals surface area contributed by atoms with E-state index in [1.54, 1.807) is 6.29 Å². The van der Waals surface area contributed by atoms with Crippen LogP contribution in [0, 0.1) is 0 Å². The molecule has 0 aliphatic heterocycles. The molecule has 8 nitrogen and oxygen atoms in total. The van der Waals surface area contributed by atoms with E-state index in [4.69, 9.17) is 17.2 Å². The molecule has 0 aromatic heterocycles. The second-order valence-corrected chi connectivity index (χ2v) is 3.80. The normalized spacial score (nSPS) is 13.4. The van der Waals surface area contributed by atoms with Gasteiger partial charge in [-0.05, 0) is 12.8 Å². The Morgan fingerprint density at radius 2 is 1.56 bits per heavy atom. The molecule has 0 bridgehead atoms. The van der Waals surface area contributed by atoms with Crippen molar-refractivity contribution in [3.63, 3.8) is 0 Å². The molecule has 0 saturated carbocycles. The molecule has 1 radical (unpaired) electrons. The van der Waals surface area contributed by atoms with Crippen molar-refractivity contribution in [2.24, 2.45) is 17.2 Å². The van der Waals surface area contributed by atoms with Crippen LogP contribution in [0.4, 0.5) is 0 Å². The summed E-state index contributed by atoms with van der Waals surface area (Å²) in [5.74, 6) is -1.75. The lowest BCUT2D eigenvalue weighted by molar-refractivity contribution is -0.124. The molecule has 0 spiro atoms. The number of amides is 3. The highest BCUT2D eigenvalue weighted by atomic mass is 16.2. The van der Waals surface area contributed by atoms with Crippen molar-refractivity contribution in [3.05, 3.63) is 0 Å². The maximum absolute atomic E-state index is 11.5. The van der Waals surface area contributed by atoms with Crippen molar-refractivity contribution >= 4 is 24.0 Å². The fraction of sp³-hybridized carbons (Fsp3) is 0.600. The van der Waals surface area contributed by atoms with Gasteiger partial charge in [-0.15, -0.1) is 0 Å². The van der Waals surface area contributed by atoms with Gasteiger partial charge in [0.2, 0.25) is 24.0 Å². The van der Waals surface area contributed by atoms with Gasteiger partial charge in [0.25, 0.3) is 0 Å². The molecule has 0 rings (SSSR count). The number of nitrogens with two attached hydrogens (primary N) is 3. The van der Waals surface area contributed by atoms with Crippen LogP contribution in [0.2, 0.25) is 0 Å². The fourth-order valence-electron chi connectivity index (χ4n) is 1.15. The van der Waals surface area contributed by atoms with Gasteiger partial charge in [-0.2, -0.15) is 0 Å². The largest absolute Gasteiger partial charge is 0.370 e. The van der Waals surface area contributed by atoms with Crippen molar-refractivity contribution in [2.45, 2.75) is 37.8 Å². The molecule has 0 saturated heterocycles. The van der Waals surface area contributed by atoms with Crippen LogP contribution in [0.25, 0.3) is 0 Å². The molecule has 0 fully saturated rings. The lowest BCUT2D eigenvalue weighted by atomic mass is 10.1. The van der Waals surface area contributed by atoms with Crippen LogP contribution < -0.4 is 22.5 Å². The van der Waals surface area contributed by atoms with E-state index in [-0.39, 0.29) is 25.7 Å². The summed E-state index contributed by atoms with van der Waals surface area (Å²) in [4.78, 5) is 43.0. The van der Waals surface area contributed by atoms with Crippen LogP contribution in [-0.2, 0) is 19.2 Å². The Morgan fingerprint density at radius 3 is 2.00 bits per heavy atom. The van der Waals surface area contributed by atoms with Crippen molar-refractivity contribution in [3.8, 4) is 0 Å². The van der Waals surface area contributed by atoms with Crippen LogP contribution in [0.5, 0.6) is 0 Å². The SMILES string of the molecule is NC(=O)CC[C@@H]([C]=O)NC(=O)[C@@H](N)CCC(N)=O. The minimum atomic E-state index is -0.943. The van der Waals surface area contributed by atoms with Crippen molar-refractivity contribution in [1.29, 1.82) is 0 Å². The molecule has 0 aromatic rings. The fourth-order valence-corrected chi connectivity index (χ4v) is 1.15. The number of nitrogens with one attached hydrogen (secondary N) is 1. The van der Waals surface area contributed by atoms with Crippen molar-refractivity contribution in [1.82, 2.24) is 5.32 Å². The minimum absolute atomic E-state index is 0.0225. The van der Waals surface area contributed by atoms with Gasteiger partial charge in [0.1, 0.15) is 0 Å².